The van der Waals surface area contributed by atoms with Crippen molar-refractivity contribution in [3.05, 3.63) is 35.9 Å². The van der Waals surface area contributed by atoms with Gasteiger partial charge in [-0.15, -0.1) is 11.8 Å². The van der Waals surface area contributed by atoms with Crippen molar-refractivity contribution >= 4 is 29.5 Å². The molecule has 0 bridgehead atoms. The highest BCUT2D eigenvalue weighted by Crippen LogP contribution is 2.09. The van der Waals surface area contributed by atoms with Crippen LogP contribution in [0.25, 0.3) is 0 Å². The second-order valence-electron chi connectivity index (χ2n) is 3.91. The SMILES string of the molecule is CC(=O)NCCS[C@@H](NC(=O)c1ccccc1)C(=O)O. The van der Waals surface area contributed by atoms with E-state index in [4.69, 9.17) is 5.11 Å². The first-order valence-corrected chi connectivity index (χ1v) is 7.00. The Labute approximate surface area is 120 Å². The first-order chi connectivity index (χ1) is 9.50. The molecule has 0 spiro atoms. The van der Waals surface area contributed by atoms with Crippen molar-refractivity contribution in [1.29, 1.82) is 0 Å². The van der Waals surface area contributed by atoms with Crippen molar-refractivity contribution in [2.75, 3.05) is 12.3 Å². The van der Waals surface area contributed by atoms with Crippen LogP contribution in [-0.2, 0) is 9.59 Å². The van der Waals surface area contributed by atoms with E-state index in [-0.39, 0.29) is 5.91 Å². The Morgan fingerprint density at radius 2 is 1.90 bits per heavy atom. The maximum absolute atomic E-state index is 11.8. The summed E-state index contributed by atoms with van der Waals surface area (Å²) < 4.78 is 0. The Morgan fingerprint density at radius 1 is 1.25 bits per heavy atom. The zero-order valence-electron chi connectivity index (χ0n) is 11.0. The Balaban J connectivity index is 2.49. The van der Waals surface area contributed by atoms with Crippen LogP contribution >= 0.6 is 11.8 Å². The van der Waals surface area contributed by atoms with E-state index >= 15 is 0 Å². The number of carbonyl (C=O) groups is 3. The Kier molecular flexibility index (Phi) is 6.58. The number of hydrogen-bond donors (Lipinski definition) is 3. The number of carbonyl (C=O) groups excluding carboxylic acids is 2. The number of benzene rings is 1. The van der Waals surface area contributed by atoms with Gasteiger partial charge >= 0.3 is 5.97 Å². The van der Waals surface area contributed by atoms with Gasteiger partial charge < -0.3 is 15.7 Å². The third-order valence-corrected chi connectivity index (χ3v) is 3.38. The fourth-order valence-electron chi connectivity index (χ4n) is 1.37. The molecule has 0 fully saturated rings. The highest BCUT2D eigenvalue weighted by molar-refractivity contribution is 8.00. The van der Waals surface area contributed by atoms with Gasteiger partial charge in [0.1, 0.15) is 0 Å². The van der Waals surface area contributed by atoms with Crippen molar-refractivity contribution in [2.24, 2.45) is 0 Å². The molecule has 3 N–H and O–H groups in total. The number of rotatable bonds is 7. The summed E-state index contributed by atoms with van der Waals surface area (Å²) in [4.78, 5) is 33.6. The minimum Gasteiger partial charge on any atom is -0.479 e. The second-order valence-corrected chi connectivity index (χ2v) is 5.12. The van der Waals surface area contributed by atoms with Crippen LogP contribution in [0, 0.1) is 0 Å². The van der Waals surface area contributed by atoms with Gasteiger partial charge in [-0.3, -0.25) is 9.59 Å². The summed E-state index contributed by atoms with van der Waals surface area (Å²) in [5.74, 6) is -1.34. The maximum Gasteiger partial charge on any atom is 0.336 e. The highest BCUT2D eigenvalue weighted by Gasteiger charge is 2.20. The first kappa shape index (κ1) is 16.0. The molecule has 0 aliphatic carbocycles. The van der Waals surface area contributed by atoms with Gasteiger partial charge in [0.15, 0.2) is 5.37 Å². The van der Waals surface area contributed by atoms with Crippen LogP contribution < -0.4 is 10.6 Å². The maximum atomic E-state index is 11.8. The van der Waals surface area contributed by atoms with E-state index < -0.39 is 17.3 Å². The molecule has 0 saturated carbocycles. The van der Waals surface area contributed by atoms with E-state index in [9.17, 15) is 14.4 Å². The molecule has 108 valence electrons. The molecule has 0 aliphatic heterocycles. The lowest BCUT2D eigenvalue weighted by atomic mass is 10.2. The minimum absolute atomic E-state index is 0.175. The summed E-state index contributed by atoms with van der Waals surface area (Å²) in [6.45, 7) is 1.74. The molecule has 0 heterocycles. The topological polar surface area (TPSA) is 95.5 Å². The molecule has 0 aromatic heterocycles. The molecule has 0 saturated heterocycles. The lowest BCUT2D eigenvalue weighted by molar-refractivity contribution is -0.136. The van der Waals surface area contributed by atoms with Crippen LogP contribution in [0.2, 0.25) is 0 Å². The lowest BCUT2D eigenvalue weighted by Crippen LogP contribution is -2.39. The highest BCUT2D eigenvalue weighted by atomic mass is 32.2. The summed E-state index contributed by atoms with van der Waals surface area (Å²) >= 11 is 1.05. The molecule has 7 heteroatoms. The minimum atomic E-state index is -1.12. The predicted octanol–water partition coefficient (Wildman–Crippen LogP) is 0.696. The van der Waals surface area contributed by atoms with Crippen LogP contribution in [0.3, 0.4) is 0 Å². The van der Waals surface area contributed by atoms with Gasteiger partial charge in [0, 0.05) is 24.8 Å². The normalized spacial score (nSPS) is 11.4. The quantitative estimate of drug-likeness (QED) is 0.508. The molecule has 1 aromatic rings. The number of aliphatic carboxylic acids is 1. The third kappa shape index (κ3) is 5.75. The molecular formula is C13H16N2O4S. The zero-order chi connectivity index (χ0) is 15.0. The zero-order valence-corrected chi connectivity index (χ0v) is 11.8. The van der Waals surface area contributed by atoms with E-state index in [1.807, 2.05) is 0 Å². The van der Waals surface area contributed by atoms with Crippen LogP contribution in [0.1, 0.15) is 17.3 Å². The van der Waals surface area contributed by atoms with E-state index in [0.717, 1.165) is 11.8 Å². The summed E-state index contributed by atoms with van der Waals surface area (Å²) in [6, 6.07) is 8.39. The number of nitrogens with one attached hydrogen (secondary N) is 2. The van der Waals surface area contributed by atoms with Crippen molar-refractivity contribution in [3.8, 4) is 0 Å². The van der Waals surface area contributed by atoms with Gasteiger partial charge in [-0.2, -0.15) is 0 Å². The average molecular weight is 296 g/mol. The van der Waals surface area contributed by atoms with Crippen LogP contribution in [0.5, 0.6) is 0 Å². The molecular weight excluding hydrogens is 280 g/mol. The van der Waals surface area contributed by atoms with Gasteiger partial charge in [-0.05, 0) is 12.1 Å². The monoisotopic (exact) mass is 296 g/mol. The molecule has 0 unspecified atom stereocenters. The Morgan fingerprint density at radius 3 is 2.45 bits per heavy atom. The summed E-state index contributed by atoms with van der Waals surface area (Å²) in [7, 11) is 0. The van der Waals surface area contributed by atoms with Gasteiger partial charge in [0.05, 0.1) is 0 Å². The Bertz CT molecular complexity index is 479. The van der Waals surface area contributed by atoms with Gasteiger partial charge in [0.25, 0.3) is 5.91 Å². The molecule has 0 radical (unpaired) electrons. The van der Waals surface area contributed by atoms with Crippen LogP contribution in [-0.4, -0.2) is 40.6 Å². The third-order valence-electron chi connectivity index (χ3n) is 2.28. The standard InChI is InChI=1S/C13H16N2O4S/c1-9(16)14-7-8-20-12(13(18)19)15-11(17)10-5-3-2-4-6-10/h2-6,12H,7-8H2,1H3,(H,14,16)(H,15,17)(H,18,19)/t12-/m1/s1. The largest absolute Gasteiger partial charge is 0.479 e. The van der Waals surface area contributed by atoms with E-state index in [1.165, 1.54) is 6.92 Å². The molecule has 0 aliphatic rings. The van der Waals surface area contributed by atoms with Crippen molar-refractivity contribution < 1.29 is 19.5 Å². The van der Waals surface area contributed by atoms with E-state index in [0.29, 0.717) is 17.9 Å². The number of carboxylic acid groups (broad SMARTS) is 1. The van der Waals surface area contributed by atoms with Crippen LogP contribution in [0.15, 0.2) is 30.3 Å². The first-order valence-electron chi connectivity index (χ1n) is 5.95. The molecule has 6 nitrogen and oxygen atoms in total. The van der Waals surface area contributed by atoms with Gasteiger partial charge in [-0.25, -0.2) is 4.79 Å². The number of hydrogen-bond acceptors (Lipinski definition) is 4. The van der Waals surface area contributed by atoms with Gasteiger partial charge in [0.2, 0.25) is 5.91 Å². The fraction of sp³-hybridized carbons (Fsp3) is 0.308. The predicted molar refractivity (Wildman–Crippen MR) is 76.5 cm³/mol. The number of amides is 2. The van der Waals surface area contributed by atoms with E-state index in [1.54, 1.807) is 30.3 Å². The van der Waals surface area contributed by atoms with Crippen molar-refractivity contribution in [1.82, 2.24) is 10.6 Å². The fourth-order valence-corrected chi connectivity index (χ4v) is 2.16. The average Bonchev–Trinajstić information content (AvgIpc) is 2.42. The lowest BCUT2D eigenvalue weighted by Gasteiger charge is -2.14. The second kappa shape index (κ2) is 8.21. The van der Waals surface area contributed by atoms with Crippen molar-refractivity contribution in [2.45, 2.75) is 12.3 Å². The molecule has 20 heavy (non-hydrogen) atoms. The number of carboxylic acids is 1. The van der Waals surface area contributed by atoms with Crippen LogP contribution in [0.4, 0.5) is 0 Å². The summed E-state index contributed by atoms with van der Waals surface area (Å²) in [6.07, 6.45) is 0. The van der Waals surface area contributed by atoms with Crippen molar-refractivity contribution in [3.63, 3.8) is 0 Å². The molecule has 2 amide bonds. The van der Waals surface area contributed by atoms with Gasteiger partial charge in [-0.1, -0.05) is 18.2 Å². The molecule has 1 aromatic carbocycles. The summed E-state index contributed by atoms with van der Waals surface area (Å²) in [5, 5.41) is 13.0. The number of thioether (sulfide) groups is 1. The molecule has 1 atom stereocenters. The smallest absolute Gasteiger partial charge is 0.336 e. The Hall–Kier alpha value is -2.02. The molecule has 1 rings (SSSR count). The van der Waals surface area contributed by atoms with E-state index in [2.05, 4.69) is 10.6 Å². The summed E-state index contributed by atoms with van der Waals surface area (Å²) in [5.41, 5.74) is 0.404.